The smallest absolute Gasteiger partial charge is 0.214 e. The van der Waals surface area contributed by atoms with E-state index >= 15 is 4.79 Å². The maximum absolute atomic E-state index is 15.0. The van der Waals surface area contributed by atoms with Crippen LogP contribution in [0.3, 0.4) is 0 Å². The molecule has 1 fully saturated rings. The quantitative estimate of drug-likeness (QED) is 0.0969. The van der Waals surface area contributed by atoms with Crippen LogP contribution in [0.5, 0.6) is 17.2 Å². The van der Waals surface area contributed by atoms with Crippen LogP contribution < -0.4 is 25.4 Å². The molecule has 1 N–H and O–H groups in total. The van der Waals surface area contributed by atoms with Crippen molar-refractivity contribution in [2.75, 3.05) is 13.2 Å². The van der Waals surface area contributed by atoms with Crippen molar-refractivity contribution < 1.29 is 28.1 Å². The molecule has 1 atom stereocenters. The minimum Gasteiger partial charge on any atom is -0.490 e. The van der Waals surface area contributed by atoms with Crippen LogP contribution in [0, 0.1) is 12.7 Å². The molecule has 306 valence electrons. The molecule has 2 aromatic heterocycles. The van der Waals surface area contributed by atoms with Gasteiger partial charge in [-0.1, -0.05) is 103 Å². The monoisotopic (exact) mass is 894 g/mol. The molecule has 1 saturated heterocycles. The summed E-state index contributed by atoms with van der Waals surface area (Å²) in [5, 5.41) is 8.68. The van der Waals surface area contributed by atoms with E-state index in [2.05, 4.69) is 57.3 Å². The Morgan fingerprint density at radius 2 is 1.49 bits per heavy atom. The number of aromatic nitrogens is 3. The number of halogens is 2. The maximum Gasteiger partial charge on any atom is 0.214 e. The fraction of sp³-hybridized carbons (Fsp3) is 0.143. The van der Waals surface area contributed by atoms with Gasteiger partial charge in [0.15, 0.2) is 23.2 Å². The van der Waals surface area contributed by atoms with Crippen LogP contribution >= 0.6 is 23.0 Å². The molecular weight excluding hydrogens is 854 g/mol. The van der Waals surface area contributed by atoms with Crippen LogP contribution in [0.15, 0.2) is 167 Å². The highest BCUT2D eigenvalue weighted by molar-refractivity contribution is 9.10. The van der Waals surface area contributed by atoms with Crippen molar-refractivity contribution in [1.82, 2.24) is 14.8 Å². The number of hydrogen-bond acceptors (Lipinski definition) is 7. The maximum atomic E-state index is 15.0. The first-order valence-electron chi connectivity index (χ1n) is 19.8. The van der Waals surface area contributed by atoms with Crippen LogP contribution in [0.1, 0.15) is 35.5 Å². The topological polar surface area (TPSA) is 100.0 Å². The summed E-state index contributed by atoms with van der Waals surface area (Å²) in [6.07, 6.45) is 1.37. The van der Waals surface area contributed by atoms with E-state index in [4.69, 9.17) is 28.8 Å². The van der Waals surface area contributed by atoms with Gasteiger partial charge in [-0.2, -0.15) is 5.10 Å². The van der Waals surface area contributed by atoms with E-state index in [1.165, 1.54) is 6.07 Å². The van der Waals surface area contributed by atoms with E-state index in [0.29, 0.717) is 47.5 Å². The Labute approximate surface area is 361 Å². The minimum absolute atomic E-state index is 0.120. The van der Waals surface area contributed by atoms with Crippen LogP contribution in [-0.2, 0) is 9.47 Å². The Morgan fingerprint density at radius 3 is 2.10 bits per heavy atom. The number of aryl methyl sites for hydroxylation is 1. The zero-order valence-electron chi connectivity index (χ0n) is 33.6. The molecule has 9 rings (SSSR count). The molecule has 9 nitrogen and oxygen atoms in total. The van der Waals surface area contributed by atoms with Crippen molar-refractivity contribution in [3.63, 3.8) is 0 Å². The van der Waals surface area contributed by atoms with Crippen molar-refractivity contribution in [3.8, 4) is 22.9 Å². The Balaban J connectivity index is 1.20. The largest absolute Gasteiger partial charge is 0.490 e. The highest BCUT2D eigenvalue weighted by atomic mass is 79.9. The van der Waals surface area contributed by atoms with Gasteiger partial charge in [0, 0.05) is 26.8 Å². The number of hydrogen-bond donors (Lipinski definition) is 1. The third kappa shape index (κ3) is 8.10. The molecule has 0 radical (unpaired) electrons. The highest BCUT2D eigenvalue weighted by Crippen LogP contribution is 2.50. The van der Waals surface area contributed by atoms with E-state index < -0.39 is 18.7 Å². The minimum atomic E-state index is -2.89. The Hall–Kier alpha value is -6.10. The van der Waals surface area contributed by atoms with E-state index in [1.807, 2.05) is 106 Å². The first kappa shape index (κ1) is 40.3. The molecule has 61 heavy (non-hydrogen) atoms. The van der Waals surface area contributed by atoms with E-state index in [0.717, 1.165) is 36.9 Å². The fourth-order valence-electron chi connectivity index (χ4n) is 7.55. The number of nitrogens with one attached hydrogen (secondary N) is 1. The van der Waals surface area contributed by atoms with Gasteiger partial charge in [0.25, 0.3) is 0 Å². The molecule has 0 unspecified atom stereocenters. The lowest BCUT2D eigenvalue weighted by Gasteiger charge is -2.27. The summed E-state index contributed by atoms with van der Waals surface area (Å²) in [6, 6.07) is 48.1. The SMILES string of the molecule is Cc1cc(-n2ncc(C(=O)c3cc4cc(OC[C@H]5COC(C)(C)O5)c(Br)cc4[nH]3)c2N=P(c2ccccc2)(c2ccccc2)c2ccccc2)ccc1Oc1ccccc1F. The van der Waals surface area contributed by atoms with Crippen LogP contribution in [-0.4, -0.2) is 45.7 Å². The molecule has 0 saturated carbocycles. The van der Waals surface area contributed by atoms with E-state index in [-0.39, 0.29) is 17.6 Å². The molecule has 3 heterocycles. The summed E-state index contributed by atoms with van der Waals surface area (Å²) in [5.74, 6) is 0.185. The number of ketones is 1. The van der Waals surface area contributed by atoms with Crippen LogP contribution in [0.25, 0.3) is 16.6 Å². The van der Waals surface area contributed by atoms with Crippen molar-refractivity contribution >= 4 is 61.4 Å². The normalized spacial score (nSPS) is 14.9. The number of fused-ring (bicyclic) bond motifs is 1. The second kappa shape index (κ2) is 16.7. The number of nitrogens with zero attached hydrogens (tertiary/aromatic N) is 3. The third-order valence-electron chi connectivity index (χ3n) is 10.5. The third-order valence-corrected chi connectivity index (χ3v) is 14.7. The Bertz CT molecular complexity index is 2830. The molecular formula is C49H41BrFN4O5P. The predicted octanol–water partition coefficient (Wildman–Crippen LogP) is 10.9. The summed E-state index contributed by atoms with van der Waals surface area (Å²) in [7, 11) is -2.89. The van der Waals surface area contributed by atoms with Crippen LogP contribution in [0.2, 0.25) is 0 Å². The molecule has 1 aliphatic heterocycles. The van der Waals surface area contributed by atoms with Crippen molar-refractivity contribution in [1.29, 1.82) is 0 Å². The molecule has 0 bridgehead atoms. The number of benzene rings is 6. The second-order valence-corrected chi connectivity index (χ2v) is 19.0. The number of rotatable bonds is 12. The highest BCUT2D eigenvalue weighted by Gasteiger charge is 2.34. The van der Waals surface area contributed by atoms with E-state index in [1.54, 1.807) is 35.1 Å². The number of carbonyl (C=O) groups excluding carboxylic acids is 1. The second-order valence-electron chi connectivity index (χ2n) is 15.2. The number of ether oxygens (including phenoxy) is 4. The molecule has 12 heteroatoms. The number of H-pyrrole nitrogens is 1. The number of carbonyl (C=O) groups is 1. The van der Waals surface area contributed by atoms with Gasteiger partial charge in [-0.05, 0) is 90.8 Å². The summed E-state index contributed by atoms with van der Waals surface area (Å²) in [5.41, 5.74) is 2.79. The van der Waals surface area contributed by atoms with Gasteiger partial charge in [-0.25, -0.2) is 13.8 Å². The van der Waals surface area contributed by atoms with Gasteiger partial charge >= 0.3 is 0 Å². The lowest BCUT2D eigenvalue weighted by Crippen LogP contribution is -2.25. The molecule has 0 aliphatic carbocycles. The molecule has 1 aliphatic rings. The van der Waals surface area contributed by atoms with Gasteiger partial charge in [0.05, 0.1) is 41.3 Å². The standard InChI is InChI=1S/C49H41BrFN4O5P/c1-32-25-34(23-24-44(32)59-45-22-14-13-21-41(45)51)55-48(54-61(36-15-7-4-8-16-36,37-17-9-5-10-18-37)38-19-11-6-12-20-38)39(29-52-55)47(56)43-26-33-27-46(40(50)28-42(33)53-43)57-30-35-31-58-49(2,3)60-35/h4-29,35,53H,30-31H2,1-3H3/t35-/m0/s1. The Kier molecular flexibility index (Phi) is 11.1. The molecule has 6 aromatic carbocycles. The first-order chi connectivity index (χ1) is 29.6. The van der Waals surface area contributed by atoms with Gasteiger partial charge in [-0.3, -0.25) is 4.79 Å². The summed E-state index contributed by atoms with van der Waals surface area (Å²) in [4.78, 5) is 18.4. The molecule has 0 spiro atoms. The summed E-state index contributed by atoms with van der Waals surface area (Å²) < 4.78 is 46.7. The zero-order chi connectivity index (χ0) is 42.1. The summed E-state index contributed by atoms with van der Waals surface area (Å²) in [6.45, 7) is 6.38. The van der Waals surface area contributed by atoms with Crippen molar-refractivity contribution in [2.45, 2.75) is 32.7 Å². The molecule has 8 aromatic rings. The summed E-state index contributed by atoms with van der Waals surface area (Å²) >= 11 is 3.66. The van der Waals surface area contributed by atoms with Gasteiger partial charge < -0.3 is 23.9 Å². The Morgan fingerprint density at radius 1 is 0.852 bits per heavy atom. The lowest BCUT2D eigenvalue weighted by molar-refractivity contribution is -0.141. The van der Waals surface area contributed by atoms with Crippen molar-refractivity contribution in [3.05, 3.63) is 185 Å². The van der Waals surface area contributed by atoms with Crippen molar-refractivity contribution in [2.24, 2.45) is 4.74 Å². The number of para-hydroxylation sites is 1. The first-order valence-corrected chi connectivity index (χ1v) is 22.3. The average Bonchev–Trinajstić information content (AvgIpc) is 3.99. The molecule has 0 amide bonds. The average molecular weight is 896 g/mol. The van der Waals surface area contributed by atoms with E-state index in [9.17, 15) is 4.39 Å². The lowest BCUT2D eigenvalue weighted by atomic mass is 10.1. The predicted molar refractivity (Wildman–Crippen MR) is 242 cm³/mol. The zero-order valence-corrected chi connectivity index (χ0v) is 36.1. The van der Waals surface area contributed by atoms with Gasteiger partial charge in [-0.15, -0.1) is 0 Å². The fourth-order valence-corrected chi connectivity index (χ4v) is 11.5. The van der Waals surface area contributed by atoms with Gasteiger partial charge in [0.1, 0.15) is 24.2 Å². The van der Waals surface area contributed by atoms with Crippen LogP contribution in [0.4, 0.5) is 10.2 Å². The number of aromatic amines is 1. The van der Waals surface area contributed by atoms with Gasteiger partial charge in [0.2, 0.25) is 5.78 Å².